The minimum absolute atomic E-state index is 0.0642. The minimum Gasteiger partial charge on any atom is -0.394 e. The van der Waals surface area contributed by atoms with E-state index >= 15 is 0 Å². The summed E-state index contributed by atoms with van der Waals surface area (Å²) in [7, 11) is 0. The first-order valence-electron chi connectivity index (χ1n) is 21.0. The third kappa shape index (κ3) is 7.52. The molecule has 0 aromatic rings. The second kappa shape index (κ2) is 16.0. The van der Waals surface area contributed by atoms with Crippen molar-refractivity contribution < 1.29 is 64.9 Å². The molecule has 21 atom stereocenters. The van der Waals surface area contributed by atoms with Crippen LogP contribution < -0.4 is 0 Å². The van der Waals surface area contributed by atoms with E-state index in [9.17, 15) is 46.0 Å². The van der Waals surface area contributed by atoms with Gasteiger partial charge < -0.3 is 64.9 Å². The standard InChI is InChI=1S/C42H72O13/c1-9-20(2)11-10-14-42(8,51)22-12-15-40(6)24-18-26(36-39(4,5)28(45)13-16-41(36,7)23(24)17-25(44)29(22)40)53-38-35(33(49)31(47)27(19-43)54-38)55-37-34(50)32(48)30(46)21(3)52-37/h11,21-38,43-51H,9-10,12-19H2,1-8H3/b20-11+/t21-,22+,23-,24+,25-,26+,27+,28+,29-,30-,31+,32+,33-,34+,35+,36+,37-,38+,40+,41+,42-/m0/s1. The summed E-state index contributed by atoms with van der Waals surface area (Å²) in [5, 5.41) is 100. The van der Waals surface area contributed by atoms with Gasteiger partial charge in [-0.15, -0.1) is 0 Å². The molecule has 2 heterocycles. The van der Waals surface area contributed by atoms with E-state index in [0.717, 1.165) is 25.7 Å². The highest BCUT2D eigenvalue weighted by molar-refractivity contribution is 5.18. The van der Waals surface area contributed by atoms with Gasteiger partial charge in [0, 0.05) is 0 Å². The van der Waals surface area contributed by atoms with Gasteiger partial charge in [0.2, 0.25) is 0 Å². The minimum atomic E-state index is -1.69. The van der Waals surface area contributed by atoms with Crippen LogP contribution >= 0.6 is 0 Å². The van der Waals surface area contributed by atoms with Gasteiger partial charge in [-0.05, 0) is 124 Å². The number of allylic oxidation sites excluding steroid dienone is 2. The maximum atomic E-state index is 12.2. The van der Waals surface area contributed by atoms with Crippen molar-refractivity contribution in [1.29, 1.82) is 0 Å². The van der Waals surface area contributed by atoms with Crippen molar-refractivity contribution in [3.63, 3.8) is 0 Å². The van der Waals surface area contributed by atoms with Gasteiger partial charge in [-0.1, -0.05) is 46.3 Å². The average Bonchev–Trinajstić information content (AvgIpc) is 3.51. The van der Waals surface area contributed by atoms with Crippen LogP contribution in [0.3, 0.4) is 0 Å². The summed E-state index contributed by atoms with van der Waals surface area (Å²) in [6.07, 6.45) is -7.68. The van der Waals surface area contributed by atoms with Gasteiger partial charge in [0.15, 0.2) is 12.6 Å². The fourth-order valence-electron chi connectivity index (χ4n) is 12.9. The molecule has 0 aromatic heterocycles. The molecule has 0 aromatic carbocycles. The molecule has 2 aliphatic heterocycles. The highest BCUT2D eigenvalue weighted by Crippen LogP contribution is 2.71. The summed E-state index contributed by atoms with van der Waals surface area (Å²) < 4.78 is 25.0. The number of hydrogen-bond acceptors (Lipinski definition) is 13. The second-order valence-electron chi connectivity index (χ2n) is 19.8. The van der Waals surface area contributed by atoms with Crippen LogP contribution in [0.2, 0.25) is 0 Å². The van der Waals surface area contributed by atoms with Gasteiger partial charge in [0.05, 0.1) is 36.6 Å². The Morgan fingerprint density at radius 3 is 2.13 bits per heavy atom. The maximum absolute atomic E-state index is 12.2. The van der Waals surface area contributed by atoms with Crippen molar-refractivity contribution in [2.45, 2.75) is 199 Å². The Morgan fingerprint density at radius 2 is 1.47 bits per heavy atom. The summed E-state index contributed by atoms with van der Waals surface area (Å²) in [4.78, 5) is 0. The van der Waals surface area contributed by atoms with Crippen LogP contribution in [0, 0.1) is 45.8 Å². The smallest absolute Gasteiger partial charge is 0.187 e. The zero-order chi connectivity index (χ0) is 40.6. The predicted octanol–water partition coefficient (Wildman–Crippen LogP) is 2.15. The molecule has 6 aliphatic rings. The summed E-state index contributed by atoms with van der Waals surface area (Å²) in [5.74, 6) is -0.335. The third-order valence-electron chi connectivity index (χ3n) is 16.2. The van der Waals surface area contributed by atoms with E-state index in [1.54, 1.807) is 0 Å². The normalized spacial score (nSPS) is 52.5. The van der Waals surface area contributed by atoms with Crippen molar-refractivity contribution >= 4 is 0 Å². The molecule has 4 aliphatic carbocycles. The molecule has 55 heavy (non-hydrogen) atoms. The molecule has 13 nitrogen and oxygen atoms in total. The summed E-state index contributed by atoms with van der Waals surface area (Å²) in [5.41, 5.74) is -1.07. The number of rotatable bonds is 10. The Balaban J connectivity index is 1.34. The van der Waals surface area contributed by atoms with Gasteiger partial charge in [0.1, 0.15) is 42.7 Å². The van der Waals surface area contributed by atoms with Crippen molar-refractivity contribution in [3.05, 3.63) is 11.6 Å². The molecule has 318 valence electrons. The lowest BCUT2D eigenvalue weighted by Crippen LogP contribution is -2.68. The SMILES string of the molecule is CC/C(C)=C/CC[C@](C)(O)[C@@H]1CC[C@@]2(C)[C@@H]1[C@@H](O)C[C@H]1[C@H]2C[C@@H](O[C@@H]2O[C@H](CO)[C@@H](O)[C@H](O)[C@H]2O[C@@H]2O[C@@H](C)[C@H](O)[C@@H](O)[C@H]2O)[C@@H]2C(C)(C)[C@H](O)CC[C@@]21C. The first-order valence-corrected chi connectivity index (χ1v) is 21.0. The molecule has 0 amide bonds. The summed E-state index contributed by atoms with van der Waals surface area (Å²) >= 11 is 0. The number of fused-ring (bicyclic) bond motifs is 5. The molecule has 6 rings (SSSR count). The van der Waals surface area contributed by atoms with Gasteiger partial charge in [-0.2, -0.15) is 0 Å². The highest BCUT2D eigenvalue weighted by Gasteiger charge is 2.69. The molecule has 2 saturated heterocycles. The number of hydrogen-bond donors (Lipinski definition) is 9. The van der Waals surface area contributed by atoms with E-state index in [1.165, 1.54) is 12.5 Å². The Kier molecular flexibility index (Phi) is 12.7. The van der Waals surface area contributed by atoms with Crippen molar-refractivity contribution in [2.24, 2.45) is 45.8 Å². The average molecular weight is 785 g/mol. The summed E-state index contributed by atoms with van der Waals surface area (Å²) in [6.45, 7) is 15.7. The summed E-state index contributed by atoms with van der Waals surface area (Å²) in [6, 6.07) is 0. The first-order chi connectivity index (χ1) is 25.6. The van der Waals surface area contributed by atoms with E-state index in [-0.39, 0.29) is 35.0 Å². The molecule has 6 fully saturated rings. The van der Waals surface area contributed by atoms with Crippen molar-refractivity contribution in [1.82, 2.24) is 0 Å². The van der Waals surface area contributed by atoms with Gasteiger partial charge in [-0.3, -0.25) is 0 Å². The molecule has 0 bridgehead atoms. The Hall–Kier alpha value is -0.780. The predicted molar refractivity (Wildman–Crippen MR) is 201 cm³/mol. The van der Waals surface area contributed by atoms with Crippen LogP contribution in [0.4, 0.5) is 0 Å². The van der Waals surface area contributed by atoms with Gasteiger partial charge >= 0.3 is 0 Å². The second-order valence-corrected chi connectivity index (χ2v) is 19.8. The molecular weight excluding hydrogens is 712 g/mol. The largest absolute Gasteiger partial charge is 0.394 e. The van der Waals surface area contributed by atoms with E-state index < -0.39 is 103 Å². The van der Waals surface area contributed by atoms with Crippen LogP contribution in [0.15, 0.2) is 11.6 Å². The number of aliphatic hydroxyl groups excluding tert-OH is 8. The number of ether oxygens (including phenoxy) is 4. The van der Waals surface area contributed by atoms with Crippen LogP contribution in [0.25, 0.3) is 0 Å². The lowest BCUT2D eigenvalue weighted by atomic mass is 9.39. The van der Waals surface area contributed by atoms with Gasteiger partial charge in [-0.25, -0.2) is 0 Å². The molecular formula is C42H72O13. The Bertz CT molecular complexity index is 1360. The molecule has 4 saturated carbocycles. The number of aliphatic hydroxyl groups is 9. The van der Waals surface area contributed by atoms with Crippen LogP contribution in [-0.2, 0) is 18.9 Å². The van der Waals surface area contributed by atoms with Gasteiger partial charge in [0.25, 0.3) is 0 Å². The third-order valence-corrected chi connectivity index (χ3v) is 16.2. The van der Waals surface area contributed by atoms with Crippen molar-refractivity contribution in [3.8, 4) is 0 Å². The molecule has 0 unspecified atom stereocenters. The quantitative estimate of drug-likeness (QED) is 0.115. The topological polar surface area (TPSA) is 219 Å². The lowest BCUT2D eigenvalue weighted by Gasteiger charge is -2.68. The zero-order valence-electron chi connectivity index (χ0n) is 34.2. The Labute approximate surface area is 327 Å². The molecule has 0 spiro atoms. The van der Waals surface area contributed by atoms with E-state index in [2.05, 4.69) is 33.8 Å². The molecule has 13 heteroatoms. The fourth-order valence-corrected chi connectivity index (χ4v) is 12.9. The monoisotopic (exact) mass is 784 g/mol. The van der Waals surface area contributed by atoms with Crippen LogP contribution in [-0.4, -0.2) is 138 Å². The van der Waals surface area contributed by atoms with Crippen LogP contribution in [0.1, 0.15) is 113 Å². The highest BCUT2D eigenvalue weighted by atomic mass is 16.8. The fraction of sp³-hybridized carbons (Fsp3) is 0.952. The first kappa shape index (κ1) is 43.8. The molecule has 9 N–H and O–H groups in total. The lowest BCUT2D eigenvalue weighted by molar-refractivity contribution is -0.379. The zero-order valence-corrected chi connectivity index (χ0v) is 34.2. The van der Waals surface area contributed by atoms with E-state index in [4.69, 9.17) is 18.9 Å². The van der Waals surface area contributed by atoms with E-state index in [1.807, 2.05) is 20.8 Å². The molecule has 0 radical (unpaired) electrons. The van der Waals surface area contributed by atoms with Crippen LogP contribution in [0.5, 0.6) is 0 Å². The van der Waals surface area contributed by atoms with Crippen molar-refractivity contribution in [2.75, 3.05) is 6.61 Å². The Morgan fingerprint density at radius 1 is 0.818 bits per heavy atom. The maximum Gasteiger partial charge on any atom is 0.187 e. The van der Waals surface area contributed by atoms with E-state index in [0.29, 0.717) is 32.1 Å².